The molecule has 1 aromatic rings. The van der Waals surface area contributed by atoms with Crippen LogP contribution in [0.3, 0.4) is 0 Å². The topological polar surface area (TPSA) is 56.3 Å². The molecule has 1 aromatic heterocycles. The Morgan fingerprint density at radius 2 is 2.50 bits per heavy atom. The molecular weight excluding hydrogens is 230 g/mol. The van der Waals surface area contributed by atoms with E-state index in [0.717, 1.165) is 26.2 Å². The Morgan fingerprint density at radius 3 is 3.28 bits per heavy atom. The minimum atomic E-state index is 0.621. The molecule has 2 heterocycles. The van der Waals surface area contributed by atoms with Gasteiger partial charge in [-0.3, -0.25) is 0 Å². The van der Waals surface area contributed by atoms with Crippen LogP contribution in [0.5, 0.6) is 5.88 Å². The van der Waals surface area contributed by atoms with Crippen LogP contribution >= 0.6 is 0 Å². The van der Waals surface area contributed by atoms with Crippen LogP contribution in [0.2, 0.25) is 0 Å². The van der Waals surface area contributed by atoms with Gasteiger partial charge >= 0.3 is 0 Å². The second kappa shape index (κ2) is 7.16. The molecule has 1 N–H and O–H groups in total. The second-order valence-electron chi connectivity index (χ2n) is 4.45. The maximum Gasteiger partial charge on any atom is 0.225 e. The Labute approximate surface area is 108 Å². The molecule has 1 aliphatic rings. The van der Waals surface area contributed by atoms with Crippen LogP contribution in [-0.4, -0.2) is 36.3 Å². The van der Waals surface area contributed by atoms with E-state index >= 15 is 0 Å². The Kier molecular flexibility index (Phi) is 5.20. The number of ether oxygens (including phenoxy) is 2. The Hall–Kier alpha value is -1.36. The smallest absolute Gasteiger partial charge is 0.225 e. The number of hydrogen-bond acceptors (Lipinski definition) is 5. The van der Waals surface area contributed by atoms with Crippen LogP contribution in [0.1, 0.15) is 26.2 Å². The third-order valence-corrected chi connectivity index (χ3v) is 3.01. The Morgan fingerprint density at radius 1 is 1.56 bits per heavy atom. The first-order valence-corrected chi connectivity index (χ1v) is 6.66. The number of aromatic nitrogens is 2. The number of nitrogens with zero attached hydrogens (tertiary/aromatic N) is 2. The minimum Gasteiger partial charge on any atom is -0.478 e. The molecule has 0 amide bonds. The second-order valence-corrected chi connectivity index (χ2v) is 4.45. The van der Waals surface area contributed by atoms with Crippen LogP contribution < -0.4 is 10.1 Å². The lowest BCUT2D eigenvalue weighted by atomic mass is 9.99. The number of hydrogen-bond donors (Lipinski definition) is 1. The molecular formula is C13H21N3O2. The molecule has 0 bridgehead atoms. The maximum absolute atomic E-state index is 5.46. The van der Waals surface area contributed by atoms with Gasteiger partial charge in [-0.25, -0.2) is 4.98 Å². The normalized spacial score (nSPS) is 19.5. The van der Waals surface area contributed by atoms with E-state index in [2.05, 4.69) is 15.3 Å². The molecule has 1 fully saturated rings. The van der Waals surface area contributed by atoms with Crippen LogP contribution in [-0.2, 0) is 4.74 Å². The highest BCUT2D eigenvalue weighted by molar-refractivity contribution is 5.27. The molecule has 5 nitrogen and oxygen atoms in total. The van der Waals surface area contributed by atoms with Gasteiger partial charge in [-0.2, -0.15) is 4.98 Å². The summed E-state index contributed by atoms with van der Waals surface area (Å²) in [6.45, 7) is 5.25. The molecule has 1 aliphatic heterocycles. The standard InChI is InChI=1S/C13H21N3O2/c1-2-18-12-6-8-15-13(16-12)14-7-5-11-4-3-9-17-10-11/h6,8,11H,2-5,7,9-10H2,1H3,(H,14,15,16)/t11-/m1/s1. The van der Waals surface area contributed by atoms with Crippen molar-refractivity contribution in [3.63, 3.8) is 0 Å². The van der Waals surface area contributed by atoms with Crippen molar-refractivity contribution in [3.05, 3.63) is 12.3 Å². The molecule has 0 aliphatic carbocycles. The zero-order valence-corrected chi connectivity index (χ0v) is 10.9. The lowest BCUT2D eigenvalue weighted by molar-refractivity contribution is 0.0530. The molecule has 5 heteroatoms. The fourth-order valence-corrected chi connectivity index (χ4v) is 2.08. The highest BCUT2D eigenvalue weighted by Gasteiger charge is 2.13. The molecule has 0 unspecified atom stereocenters. The van der Waals surface area contributed by atoms with E-state index in [1.165, 1.54) is 12.8 Å². The number of nitrogens with one attached hydrogen (secondary N) is 1. The van der Waals surface area contributed by atoms with E-state index in [1.54, 1.807) is 12.3 Å². The lowest BCUT2D eigenvalue weighted by Gasteiger charge is -2.21. The van der Waals surface area contributed by atoms with Crippen LogP contribution in [0.4, 0.5) is 5.95 Å². The van der Waals surface area contributed by atoms with Crippen LogP contribution in [0.25, 0.3) is 0 Å². The Bertz CT molecular complexity index is 354. The van der Waals surface area contributed by atoms with Gasteiger partial charge in [0.25, 0.3) is 0 Å². The summed E-state index contributed by atoms with van der Waals surface area (Å²) in [7, 11) is 0. The van der Waals surface area contributed by atoms with E-state index in [0.29, 0.717) is 24.4 Å². The van der Waals surface area contributed by atoms with Gasteiger partial charge in [0.15, 0.2) is 0 Å². The van der Waals surface area contributed by atoms with E-state index in [1.807, 2.05) is 6.92 Å². The number of rotatable bonds is 6. The average molecular weight is 251 g/mol. The van der Waals surface area contributed by atoms with Crippen molar-refractivity contribution in [3.8, 4) is 5.88 Å². The van der Waals surface area contributed by atoms with Gasteiger partial charge < -0.3 is 14.8 Å². The lowest BCUT2D eigenvalue weighted by Crippen LogP contribution is -2.20. The van der Waals surface area contributed by atoms with Crippen molar-refractivity contribution < 1.29 is 9.47 Å². The molecule has 18 heavy (non-hydrogen) atoms. The Balaban J connectivity index is 1.73. The molecule has 0 aromatic carbocycles. The molecule has 0 saturated carbocycles. The average Bonchev–Trinajstić information content (AvgIpc) is 2.41. The highest BCUT2D eigenvalue weighted by atomic mass is 16.5. The summed E-state index contributed by atoms with van der Waals surface area (Å²) in [5, 5.41) is 3.23. The molecule has 2 rings (SSSR count). The largest absolute Gasteiger partial charge is 0.478 e. The van der Waals surface area contributed by atoms with Crippen molar-refractivity contribution in [2.45, 2.75) is 26.2 Å². The zero-order valence-electron chi connectivity index (χ0n) is 10.9. The summed E-state index contributed by atoms with van der Waals surface area (Å²) < 4.78 is 10.8. The van der Waals surface area contributed by atoms with Crippen molar-refractivity contribution in [2.24, 2.45) is 5.92 Å². The predicted molar refractivity (Wildman–Crippen MR) is 69.9 cm³/mol. The van der Waals surface area contributed by atoms with Gasteiger partial charge in [-0.05, 0) is 32.1 Å². The van der Waals surface area contributed by atoms with E-state index < -0.39 is 0 Å². The van der Waals surface area contributed by atoms with Crippen LogP contribution in [0.15, 0.2) is 12.3 Å². The summed E-state index contributed by atoms with van der Waals surface area (Å²) in [4.78, 5) is 8.44. The van der Waals surface area contributed by atoms with Crippen molar-refractivity contribution in [2.75, 3.05) is 31.7 Å². The maximum atomic E-state index is 5.46. The monoisotopic (exact) mass is 251 g/mol. The number of anilines is 1. The first kappa shape index (κ1) is 13.1. The van der Waals surface area contributed by atoms with Crippen molar-refractivity contribution in [1.29, 1.82) is 0 Å². The van der Waals surface area contributed by atoms with Gasteiger partial charge in [0.05, 0.1) is 6.61 Å². The molecule has 0 spiro atoms. The van der Waals surface area contributed by atoms with Gasteiger partial charge in [0.1, 0.15) is 0 Å². The predicted octanol–water partition coefficient (Wildman–Crippen LogP) is 2.10. The minimum absolute atomic E-state index is 0.621. The van der Waals surface area contributed by atoms with Gasteiger partial charge in [-0.1, -0.05) is 0 Å². The summed E-state index contributed by atoms with van der Waals surface area (Å²) in [6.07, 6.45) is 5.26. The van der Waals surface area contributed by atoms with Crippen molar-refractivity contribution >= 4 is 5.95 Å². The molecule has 100 valence electrons. The van der Waals surface area contributed by atoms with Crippen molar-refractivity contribution in [1.82, 2.24) is 9.97 Å². The molecule has 1 atom stereocenters. The summed E-state index contributed by atoms with van der Waals surface area (Å²) in [6, 6.07) is 1.77. The first-order valence-electron chi connectivity index (χ1n) is 6.66. The molecule has 0 radical (unpaired) electrons. The SMILES string of the molecule is CCOc1ccnc(NCC[C@H]2CCCOC2)n1. The fourth-order valence-electron chi connectivity index (χ4n) is 2.08. The summed E-state index contributed by atoms with van der Waals surface area (Å²) in [5.41, 5.74) is 0. The fraction of sp³-hybridized carbons (Fsp3) is 0.692. The third-order valence-electron chi connectivity index (χ3n) is 3.01. The van der Waals surface area contributed by atoms with Gasteiger partial charge in [-0.15, -0.1) is 0 Å². The zero-order chi connectivity index (χ0) is 12.6. The van der Waals surface area contributed by atoms with Gasteiger partial charge in [0.2, 0.25) is 11.8 Å². The van der Waals surface area contributed by atoms with E-state index in [4.69, 9.17) is 9.47 Å². The van der Waals surface area contributed by atoms with Gasteiger partial charge in [0, 0.05) is 32.0 Å². The molecule has 1 saturated heterocycles. The quantitative estimate of drug-likeness (QED) is 0.839. The highest BCUT2D eigenvalue weighted by Crippen LogP contribution is 2.17. The third kappa shape index (κ3) is 4.14. The van der Waals surface area contributed by atoms with E-state index in [-0.39, 0.29) is 0 Å². The first-order chi connectivity index (χ1) is 8.88. The van der Waals surface area contributed by atoms with Crippen LogP contribution in [0, 0.1) is 5.92 Å². The van der Waals surface area contributed by atoms with E-state index in [9.17, 15) is 0 Å². The summed E-state index contributed by atoms with van der Waals surface area (Å²) in [5.74, 6) is 1.93. The summed E-state index contributed by atoms with van der Waals surface area (Å²) >= 11 is 0.